The number of carbonyl (C=O) groups excluding carboxylic acids is 2. The number of nitrogens with one attached hydrogen (secondary N) is 2. The molecule has 3 amide bonds. The van der Waals surface area contributed by atoms with E-state index in [1.807, 2.05) is 68.4 Å². The van der Waals surface area contributed by atoms with Gasteiger partial charge >= 0.3 is 6.03 Å². The summed E-state index contributed by atoms with van der Waals surface area (Å²) in [7, 11) is 0. The van der Waals surface area contributed by atoms with Gasteiger partial charge in [-0.1, -0.05) is 42.5 Å². The fraction of sp³-hybridized carbons (Fsp3) is 0.391. The first kappa shape index (κ1) is 20.7. The summed E-state index contributed by atoms with van der Waals surface area (Å²) in [6.07, 6.45) is 1.54. The average molecular weight is 396 g/mol. The van der Waals surface area contributed by atoms with Crippen LogP contribution in [0.4, 0.5) is 10.5 Å². The monoisotopic (exact) mass is 395 g/mol. The third kappa shape index (κ3) is 5.28. The molecule has 6 heteroatoms. The number of urea groups is 1. The Morgan fingerprint density at radius 2 is 1.83 bits per heavy atom. The minimum atomic E-state index is -0.607. The minimum absolute atomic E-state index is 0.0198. The zero-order valence-electron chi connectivity index (χ0n) is 17.1. The molecule has 2 aromatic rings. The average Bonchev–Trinajstić information content (AvgIpc) is 2.74. The lowest BCUT2D eigenvalue weighted by atomic mass is 9.81. The van der Waals surface area contributed by atoms with Crippen LogP contribution in [-0.4, -0.2) is 36.5 Å². The van der Waals surface area contributed by atoms with Crippen LogP contribution in [0.15, 0.2) is 54.6 Å². The fourth-order valence-electron chi connectivity index (χ4n) is 3.64. The van der Waals surface area contributed by atoms with Gasteiger partial charge in [0.2, 0.25) is 5.91 Å². The van der Waals surface area contributed by atoms with Gasteiger partial charge in [0, 0.05) is 19.6 Å². The number of anilines is 1. The van der Waals surface area contributed by atoms with Crippen molar-refractivity contribution in [1.82, 2.24) is 10.2 Å². The lowest BCUT2D eigenvalue weighted by molar-refractivity contribution is -0.132. The number of carbonyl (C=O) groups is 2. The van der Waals surface area contributed by atoms with Crippen LogP contribution >= 0.6 is 0 Å². The first-order valence-electron chi connectivity index (χ1n) is 10.1. The topological polar surface area (TPSA) is 70.7 Å². The second-order valence-corrected chi connectivity index (χ2v) is 7.61. The van der Waals surface area contributed by atoms with Crippen LogP contribution in [0.3, 0.4) is 0 Å². The SMILES string of the molecule is CCOc1ccccc1NC(=O)N1CCC[C@](C)(C(=O)NCc2ccccc2)C1. The number of benzene rings is 2. The highest BCUT2D eigenvalue weighted by molar-refractivity contribution is 5.92. The van der Waals surface area contributed by atoms with Crippen molar-refractivity contribution < 1.29 is 14.3 Å². The number of hydrogen-bond acceptors (Lipinski definition) is 3. The Morgan fingerprint density at radius 3 is 2.59 bits per heavy atom. The summed E-state index contributed by atoms with van der Waals surface area (Å²) in [6, 6.07) is 17.0. The Morgan fingerprint density at radius 1 is 1.10 bits per heavy atom. The highest BCUT2D eigenvalue weighted by Crippen LogP contribution is 2.31. The quantitative estimate of drug-likeness (QED) is 0.776. The van der Waals surface area contributed by atoms with Gasteiger partial charge < -0.3 is 20.3 Å². The molecule has 6 nitrogen and oxygen atoms in total. The number of para-hydroxylation sites is 2. The third-order valence-corrected chi connectivity index (χ3v) is 5.26. The molecule has 154 valence electrons. The van der Waals surface area contributed by atoms with Crippen LogP contribution in [0, 0.1) is 5.41 Å². The Labute approximate surface area is 172 Å². The maximum absolute atomic E-state index is 12.9. The summed E-state index contributed by atoms with van der Waals surface area (Å²) >= 11 is 0. The summed E-state index contributed by atoms with van der Waals surface area (Å²) in [5.74, 6) is 0.622. The third-order valence-electron chi connectivity index (χ3n) is 5.26. The molecule has 0 bridgehead atoms. The largest absolute Gasteiger partial charge is 0.492 e. The Bertz CT molecular complexity index is 840. The molecule has 0 saturated carbocycles. The zero-order chi connectivity index (χ0) is 20.7. The minimum Gasteiger partial charge on any atom is -0.492 e. The summed E-state index contributed by atoms with van der Waals surface area (Å²) < 4.78 is 5.58. The van der Waals surface area contributed by atoms with E-state index in [0.29, 0.717) is 37.7 Å². The molecule has 1 heterocycles. The van der Waals surface area contributed by atoms with E-state index >= 15 is 0 Å². The zero-order valence-corrected chi connectivity index (χ0v) is 17.1. The summed E-state index contributed by atoms with van der Waals surface area (Å²) in [4.78, 5) is 27.4. The number of likely N-dealkylation sites (tertiary alicyclic amines) is 1. The van der Waals surface area contributed by atoms with Crippen LogP contribution in [0.1, 0.15) is 32.3 Å². The predicted octanol–water partition coefficient (Wildman–Crippen LogP) is 4.04. The van der Waals surface area contributed by atoms with Gasteiger partial charge in [0.05, 0.1) is 17.7 Å². The fourth-order valence-corrected chi connectivity index (χ4v) is 3.64. The molecule has 0 aromatic heterocycles. The normalized spacial score (nSPS) is 18.8. The maximum Gasteiger partial charge on any atom is 0.321 e. The summed E-state index contributed by atoms with van der Waals surface area (Å²) in [5.41, 5.74) is 1.09. The van der Waals surface area contributed by atoms with Gasteiger partial charge in [0.15, 0.2) is 0 Å². The van der Waals surface area contributed by atoms with Gasteiger partial charge in [-0.2, -0.15) is 0 Å². The number of piperidine rings is 1. The molecule has 3 rings (SSSR count). The van der Waals surface area contributed by atoms with Gasteiger partial charge in [-0.3, -0.25) is 4.79 Å². The standard InChI is InChI=1S/C23H29N3O3/c1-3-29-20-13-8-7-12-19(20)25-22(28)26-15-9-14-23(2,17-26)21(27)24-16-18-10-5-4-6-11-18/h4-8,10-13H,3,9,14-17H2,1-2H3,(H,24,27)(H,25,28)/t23-/m0/s1. The van der Waals surface area contributed by atoms with E-state index in [1.54, 1.807) is 4.90 Å². The molecule has 0 radical (unpaired) electrons. The van der Waals surface area contributed by atoms with Gasteiger partial charge in [0.25, 0.3) is 0 Å². The molecule has 1 aliphatic rings. The van der Waals surface area contributed by atoms with Gasteiger partial charge in [-0.15, -0.1) is 0 Å². The lowest BCUT2D eigenvalue weighted by Crippen LogP contribution is -2.52. The number of hydrogen-bond donors (Lipinski definition) is 2. The van der Waals surface area contributed by atoms with E-state index in [1.165, 1.54) is 0 Å². The molecule has 1 atom stereocenters. The Hall–Kier alpha value is -3.02. The van der Waals surface area contributed by atoms with E-state index in [2.05, 4.69) is 10.6 Å². The smallest absolute Gasteiger partial charge is 0.321 e. The molecule has 1 saturated heterocycles. The molecule has 2 N–H and O–H groups in total. The van der Waals surface area contributed by atoms with Crippen LogP contribution < -0.4 is 15.4 Å². The van der Waals surface area contributed by atoms with Crippen molar-refractivity contribution in [3.63, 3.8) is 0 Å². The molecule has 0 unspecified atom stereocenters. The number of nitrogens with zero attached hydrogens (tertiary/aromatic N) is 1. The molecule has 0 aliphatic carbocycles. The van der Waals surface area contributed by atoms with Gasteiger partial charge in [-0.25, -0.2) is 4.79 Å². The van der Waals surface area contributed by atoms with Crippen molar-refractivity contribution in [3.8, 4) is 5.75 Å². The predicted molar refractivity (Wildman–Crippen MR) is 114 cm³/mol. The first-order chi connectivity index (χ1) is 14.0. The maximum atomic E-state index is 12.9. The molecular formula is C23H29N3O3. The highest BCUT2D eigenvalue weighted by Gasteiger charge is 2.39. The molecule has 2 aromatic carbocycles. The van der Waals surface area contributed by atoms with E-state index in [4.69, 9.17) is 4.74 Å². The van der Waals surface area contributed by atoms with Crippen LogP contribution in [-0.2, 0) is 11.3 Å². The van der Waals surface area contributed by atoms with Crippen molar-refractivity contribution in [2.45, 2.75) is 33.2 Å². The molecule has 0 spiro atoms. The Balaban J connectivity index is 1.61. The highest BCUT2D eigenvalue weighted by atomic mass is 16.5. The van der Waals surface area contributed by atoms with Gasteiger partial charge in [0.1, 0.15) is 5.75 Å². The van der Waals surface area contributed by atoms with Crippen molar-refractivity contribution in [2.24, 2.45) is 5.41 Å². The molecule has 29 heavy (non-hydrogen) atoms. The van der Waals surface area contributed by atoms with Crippen molar-refractivity contribution >= 4 is 17.6 Å². The van der Waals surface area contributed by atoms with Crippen LogP contribution in [0.5, 0.6) is 5.75 Å². The number of amides is 3. The first-order valence-corrected chi connectivity index (χ1v) is 10.1. The van der Waals surface area contributed by atoms with E-state index in [-0.39, 0.29) is 11.9 Å². The van der Waals surface area contributed by atoms with E-state index < -0.39 is 5.41 Å². The Kier molecular flexibility index (Phi) is 6.75. The summed E-state index contributed by atoms with van der Waals surface area (Å²) in [6.45, 7) is 5.86. The van der Waals surface area contributed by atoms with Crippen molar-refractivity contribution in [1.29, 1.82) is 0 Å². The molecule has 1 fully saturated rings. The number of rotatable bonds is 6. The molecule has 1 aliphatic heterocycles. The van der Waals surface area contributed by atoms with Gasteiger partial charge in [-0.05, 0) is 44.4 Å². The van der Waals surface area contributed by atoms with Crippen molar-refractivity contribution in [3.05, 3.63) is 60.2 Å². The molecular weight excluding hydrogens is 366 g/mol. The second kappa shape index (κ2) is 9.45. The van der Waals surface area contributed by atoms with Crippen molar-refractivity contribution in [2.75, 3.05) is 25.0 Å². The summed E-state index contributed by atoms with van der Waals surface area (Å²) in [5, 5.41) is 5.96. The van der Waals surface area contributed by atoms with E-state index in [0.717, 1.165) is 18.4 Å². The second-order valence-electron chi connectivity index (χ2n) is 7.61. The van der Waals surface area contributed by atoms with Crippen LogP contribution in [0.2, 0.25) is 0 Å². The lowest BCUT2D eigenvalue weighted by Gasteiger charge is -2.39. The number of ether oxygens (including phenoxy) is 1. The van der Waals surface area contributed by atoms with E-state index in [9.17, 15) is 9.59 Å². The van der Waals surface area contributed by atoms with Crippen LogP contribution in [0.25, 0.3) is 0 Å².